The second-order valence-electron chi connectivity index (χ2n) is 11.0. The Hall–Kier alpha value is -4.65. The van der Waals surface area contributed by atoms with Gasteiger partial charge in [-0.2, -0.15) is 0 Å². The largest absolute Gasteiger partial charge is 0.365 e. The van der Waals surface area contributed by atoms with E-state index < -0.39 is 5.97 Å². The molecule has 0 aliphatic carbocycles. The van der Waals surface area contributed by atoms with E-state index in [1.807, 2.05) is 113 Å². The van der Waals surface area contributed by atoms with E-state index in [2.05, 4.69) is 28.8 Å². The van der Waals surface area contributed by atoms with Crippen LogP contribution < -0.4 is 0 Å². The van der Waals surface area contributed by atoms with Crippen molar-refractivity contribution in [2.24, 2.45) is 5.16 Å². The Balaban J connectivity index is 0.00000136. The lowest BCUT2D eigenvalue weighted by molar-refractivity contribution is 0.0515. The molecule has 0 aliphatic heterocycles. The van der Waals surface area contributed by atoms with Crippen LogP contribution in [-0.4, -0.2) is 27.8 Å². The van der Waals surface area contributed by atoms with Crippen LogP contribution in [0.15, 0.2) is 125 Å². The van der Waals surface area contributed by atoms with Crippen molar-refractivity contribution < 1.29 is 14.4 Å². The number of benzene rings is 5. The molecular weight excluding hydrogens is 660 g/mol. The lowest BCUT2D eigenvalue weighted by Gasteiger charge is -2.09. The third-order valence-electron chi connectivity index (χ3n) is 8.05. The predicted octanol–water partition coefficient (Wildman–Crippen LogP) is 12.2. The number of carbonyl (C=O) groups is 2. The van der Waals surface area contributed by atoms with Gasteiger partial charge in [0.1, 0.15) is 0 Å². The number of carbonyl (C=O) groups excluding carboxylic acids is 2. The molecule has 1 heterocycles. The Kier molecular flexibility index (Phi) is 14.4. The van der Waals surface area contributed by atoms with Gasteiger partial charge in [-0.05, 0) is 105 Å². The van der Waals surface area contributed by atoms with Gasteiger partial charge in [-0.1, -0.05) is 93.0 Å². The fourth-order valence-electron chi connectivity index (χ4n) is 5.68. The highest BCUT2D eigenvalue weighted by Crippen LogP contribution is 2.32. The van der Waals surface area contributed by atoms with Gasteiger partial charge in [-0.15, -0.1) is 11.8 Å². The van der Waals surface area contributed by atoms with E-state index in [4.69, 9.17) is 16.4 Å². The van der Waals surface area contributed by atoms with Crippen LogP contribution in [0, 0.1) is 6.92 Å². The van der Waals surface area contributed by atoms with Crippen molar-refractivity contribution >= 4 is 62.6 Å². The number of thioether (sulfide) groups is 1. The summed E-state index contributed by atoms with van der Waals surface area (Å²) in [7, 11) is 0. The van der Waals surface area contributed by atoms with E-state index in [0.29, 0.717) is 33.8 Å². The van der Waals surface area contributed by atoms with Crippen LogP contribution in [0.4, 0.5) is 0 Å². The monoisotopic (exact) mass is 704 g/mol. The summed E-state index contributed by atoms with van der Waals surface area (Å²) < 4.78 is 2.26. The first-order valence-corrected chi connectivity index (χ1v) is 18.7. The summed E-state index contributed by atoms with van der Waals surface area (Å²) in [4.78, 5) is 33.0. The molecule has 0 bridgehead atoms. The summed E-state index contributed by atoms with van der Waals surface area (Å²) in [6.07, 6.45) is 1.43. The Morgan fingerprint density at radius 1 is 0.740 bits per heavy atom. The quantitative estimate of drug-likeness (QED) is 0.0336. The Labute approximate surface area is 305 Å². The highest BCUT2D eigenvalue weighted by molar-refractivity contribution is 7.99. The number of rotatable bonds is 11. The molecule has 7 heteroatoms. The summed E-state index contributed by atoms with van der Waals surface area (Å²) in [5.41, 5.74) is 6.43. The summed E-state index contributed by atoms with van der Waals surface area (Å²) in [5.74, 6) is 0.355. The standard InChI is InChI=1S/C39H33ClN2O3S.2C2H6/c1-3-42-36-21-15-28(24-33(36)34-25-29(16-22-37(34)42)38(43)32-13-8-7-10-26(32)2)35(41-45-39(44)27-11-5-4-6-12-27)14-9-23-46-31-19-17-30(40)18-20-31;2*1-2/h4-8,10-13,15-22,24-25H,3,9,14,23H2,1-2H3;2*1-2H3/b41-35+;;. The van der Waals surface area contributed by atoms with Gasteiger partial charge >= 0.3 is 5.97 Å². The third kappa shape index (κ3) is 9.12. The molecule has 0 radical (unpaired) electrons. The summed E-state index contributed by atoms with van der Waals surface area (Å²) in [6.45, 7) is 12.9. The number of ketones is 1. The zero-order chi connectivity index (χ0) is 36.0. The Morgan fingerprint density at radius 2 is 1.34 bits per heavy atom. The van der Waals surface area contributed by atoms with E-state index in [-0.39, 0.29) is 5.78 Å². The molecule has 0 saturated heterocycles. The lowest BCUT2D eigenvalue weighted by atomic mass is 9.97. The predicted molar refractivity (Wildman–Crippen MR) is 212 cm³/mol. The van der Waals surface area contributed by atoms with E-state index in [9.17, 15) is 9.59 Å². The molecule has 0 unspecified atom stereocenters. The van der Waals surface area contributed by atoms with Gasteiger partial charge < -0.3 is 9.40 Å². The van der Waals surface area contributed by atoms with Crippen LogP contribution in [0.3, 0.4) is 0 Å². The fraction of sp³-hybridized carbons (Fsp3) is 0.233. The Morgan fingerprint density at radius 3 is 1.98 bits per heavy atom. The topological polar surface area (TPSA) is 60.7 Å². The molecule has 0 spiro atoms. The lowest BCUT2D eigenvalue weighted by Crippen LogP contribution is -2.07. The van der Waals surface area contributed by atoms with E-state index >= 15 is 0 Å². The first-order valence-electron chi connectivity index (χ1n) is 17.3. The second-order valence-corrected chi connectivity index (χ2v) is 12.6. The molecule has 0 saturated carbocycles. The van der Waals surface area contributed by atoms with E-state index in [1.54, 1.807) is 36.0 Å². The minimum absolute atomic E-state index is 0.00168. The van der Waals surface area contributed by atoms with Crippen molar-refractivity contribution in [3.63, 3.8) is 0 Å². The number of fused-ring (bicyclic) bond motifs is 3. The van der Waals surface area contributed by atoms with Gasteiger partial charge in [0.25, 0.3) is 0 Å². The van der Waals surface area contributed by atoms with Crippen molar-refractivity contribution in [1.82, 2.24) is 4.57 Å². The molecule has 50 heavy (non-hydrogen) atoms. The maximum absolute atomic E-state index is 13.5. The smallest absolute Gasteiger partial charge is 0.341 e. The molecule has 0 fully saturated rings. The van der Waals surface area contributed by atoms with Gasteiger partial charge in [-0.25, -0.2) is 4.79 Å². The number of hydrogen-bond acceptors (Lipinski definition) is 5. The van der Waals surface area contributed by atoms with Gasteiger partial charge in [-0.3, -0.25) is 4.79 Å². The van der Waals surface area contributed by atoms with Gasteiger partial charge in [0.05, 0.1) is 11.3 Å². The maximum Gasteiger partial charge on any atom is 0.365 e. The Bertz CT molecular complexity index is 2070. The van der Waals surface area contributed by atoms with Crippen LogP contribution in [0.5, 0.6) is 0 Å². The molecule has 1 aromatic heterocycles. The highest BCUT2D eigenvalue weighted by atomic mass is 35.5. The van der Waals surface area contributed by atoms with E-state index in [1.165, 1.54) is 0 Å². The molecule has 6 rings (SSSR count). The molecule has 0 aliphatic rings. The van der Waals surface area contributed by atoms with Crippen LogP contribution in [-0.2, 0) is 11.4 Å². The van der Waals surface area contributed by atoms with E-state index in [0.717, 1.165) is 56.5 Å². The number of aromatic nitrogens is 1. The van der Waals surface area contributed by atoms with Crippen molar-refractivity contribution in [3.05, 3.63) is 148 Å². The minimum Gasteiger partial charge on any atom is -0.341 e. The van der Waals surface area contributed by atoms with Crippen molar-refractivity contribution in [2.45, 2.75) is 65.8 Å². The van der Waals surface area contributed by atoms with Crippen LogP contribution in [0.1, 0.15) is 84.9 Å². The average molecular weight is 705 g/mol. The number of hydrogen-bond donors (Lipinski definition) is 0. The van der Waals surface area contributed by atoms with Crippen molar-refractivity contribution in [3.8, 4) is 0 Å². The first-order chi connectivity index (χ1) is 24.4. The van der Waals surface area contributed by atoms with Crippen molar-refractivity contribution in [1.29, 1.82) is 0 Å². The molecule has 0 atom stereocenters. The van der Waals surface area contributed by atoms with Gasteiger partial charge in [0, 0.05) is 55.0 Å². The maximum atomic E-state index is 13.5. The second kappa shape index (κ2) is 18.9. The summed E-state index contributed by atoms with van der Waals surface area (Å²) in [5, 5.41) is 7.15. The number of nitrogens with zero attached hydrogens (tertiary/aromatic N) is 2. The number of aryl methyl sites for hydroxylation is 2. The molecule has 0 amide bonds. The minimum atomic E-state index is -0.503. The van der Waals surface area contributed by atoms with Crippen LogP contribution >= 0.6 is 23.4 Å². The molecule has 6 aromatic rings. The molecule has 0 N–H and O–H groups in total. The third-order valence-corrected chi connectivity index (χ3v) is 9.41. The fourth-order valence-corrected chi connectivity index (χ4v) is 6.65. The molecular formula is C43H45ClN2O3S. The first kappa shape index (κ1) is 38.2. The van der Waals surface area contributed by atoms with Crippen LogP contribution in [0.2, 0.25) is 5.02 Å². The molecule has 258 valence electrons. The molecule has 5 nitrogen and oxygen atoms in total. The van der Waals surface area contributed by atoms with Crippen molar-refractivity contribution in [2.75, 3.05) is 5.75 Å². The average Bonchev–Trinajstić information content (AvgIpc) is 3.49. The van der Waals surface area contributed by atoms with Crippen LogP contribution in [0.25, 0.3) is 21.8 Å². The van der Waals surface area contributed by atoms with Gasteiger partial charge in [0.2, 0.25) is 0 Å². The van der Waals surface area contributed by atoms with Gasteiger partial charge in [0.15, 0.2) is 5.78 Å². The molecule has 5 aromatic carbocycles. The summed E-state index contributed by atoms with van der Waals surface area (Å²) >= 11 is 7.79. The summed E-state index contributed by atoms with van der Waals surface area (Å²) in [6, 6.07) is 36.5. The number of oxime groups is 1. The zero-order valence-corrected chi connectivity index (χ0v) is 31.3. The SMILES string of the molecule is CC.CC.CCn1c2ccc(C(=O)c3ccccc3C)cc2c2cc(/C(CCCSc3ccc(Cl)cc3)=N/OC(=O)c3ccccc3)ccc21. The highest BCUT2D eigenvalue weighted by Gasteiger charge is 2.17. The normalized spacial score (nSPS) is 11.0. The number of halogens is 1. The zero-order valence-electron chi connectivity index (χ0n) is 29.7.